The van der Waals surface area contributed by atoms with Gasteiger partial charge in [0.15, 0.2) is 0 Å². The van der Waals surface area contributed by atoms with Crippen molar-refractivity contribution in [2.75, 3.05) is 26.2 Å². The van der Waals surface area contributed by atoms with E-state index in [2.05, 4.69) is 30.1 Å². The van der Waals surface area contributed by atoms with Gasteiger partial charge in [0, 0.05) is 25.2 Å². The van der Waals surface area contributed by atoms with Gasteiger partial charge in [0.1, 0.15) is 5.76 Å². The fourth-order valence-electron chi connectivity index (χ4n) is 2.30. The molecular formula is C14H24N2O2. The van der Waals surface area contributed by atoms with Gasteiger partial charge < -0.3 is 14.5 Å². The number of hydrogen-bond donors (Lipinski definition) is 1. The predicted octanol–water partition coefficient (Wildman–Crippen LogP) is 2.00. The minimum atomic E-state index is 0.329. The van der Waals surface area contributed by atoms with Crippen LogP contribution >= 0.6 is 0 Å². The van der Waals surface area contributed by atoms with Gasteiger partial charge in [0.25, 0.3) is 0 Å². The van der Waals surface area contributed by atoms with E-state index in [-0.39, 0.29) is 0 Å². The van der Waals surface area contributed by atoms with Crippen molar-refractivity contribution in [1.29, 1.82) is 0 Å². The zero-order valence-electron chi connectivity index (χ0n) is 11.4. The number of nitrogens with one attached hydrogen (secondary N) is 1. The smallest absolute Gasteiger partial charge is 0.122 e. The Morgan fingerprint density at radius 1 is 1.50 bits per heavy atom. The van der Waals surface area contributed by atoms with E-state index < -0.39 is 0 Å². The Balaban J connectivity index is 1.86. The SMILES string of the molecule is CCCNCc1ccoc1CN1CCOC(C)C1. The van der Waals surface area contributed by atoms with Crippen molar-refractivity contribution in [2.45, 2.75) is 39.5 Å². The molecule has 1 unspecified atom stereocenters. The Bertz CT molecular complexity index is 351. The van der Waals surface area contributed by atoms with Crippen LogP contribution in [0.3, 0.4) is 0 Å². The molecule has 0 bridgehead atoms. The second-order valence-electron chi connectivity index (χ2n) is 4.96. The largest absolute Gasteiger partial charge is 0.468 e. The summed E-state index contributed by atoms with van der Waals surface area (Å²) >= 11 is 0. The van der Waals surface area contributed by atoms with E-state index in [0.29, 0.717) is 6.10 Å². The highest BCUT2D eigenvalue weighted by molar-refractivity contribution is 5.16. The van der Waals surface area contributed by atoms with E-state index in [4.69, 9.17) is 9.15 Å². The average Bonchev–Trinajstić information content (AvgIpc) is 2.77. The fraction of sp³-hybridized carbons (Fsp3) is 0.714. The van der Waals surface area contributed by atoms with Crippen molar-refractivity contribution in [3.05, 3.63) is 23.7 Å². The summed E-state index contributed by atoms with van der Waals surface area (Å²) in [6, 6.07) is 2.07. The van der Waals surface area contributed by atoms with Crippen molar-refractivity contribution < 1.29 is 9.15 Å². The van der Waals surface area contributed by atoms with Gasteiger partial charge in [-0.25, -0.2) is 0 Å². The van der Waals surface area contributed by atoms with Gasteiger partial charge in [-0.2, -0.15) is 0 Å². The van der Waals surface area contributed by atoms with Gasteiger partial charge in [-0.3, -0.25) is 4.90 Å². The van der Waals surface area contributed by atoms with Gasteiger partial charge in [-0.05, 0) is 26.0 Å². The highest BCUT2D eigenvalue weighted by atomic mass is 16.5. The molecule has 1 N–H and O–H groups in total. The van der Waals surface area contributed by atoms with E-state index in [1.807, 2.05) is 0 Å². The molecule has 2 heterocycles. The third kappa shape index (κ3) is 3.83. The van der Waals surface area contributed by atoms with Crippen LogP contribution in [-0.2, 0) is 17.8 Å². The first kappa shape index (κ1) is 13.6. The molecule has 0 saturated carbocycles. The van der Waals surface area contributed by atoms with Gasteiger partial charge in [-0.1, -0.05) is 6.92 Å². The fourth-order valence-corrected chi connectivity index (χ4v) is 2.30. The number of nitrogens with zero attached hydrogens (tertiary/aromatic N) is 1. The Morgan fingerprint density at radius 2 is 2.39 bits per heavy atom. The van der Waals surface area contributed by atoms with Crippen molar-refractivity contribution in [1.82, 2.24) is 10.2 Å². The van der Waals surface area contributed by atoms with Crippen LogP contribution in [0.5, 0.6) is 0 Å². The van der Waals surface area contributed by atoms with Crippen LogP contribution < -0.4 is 5.32 Å². The summed E-state index contributed by atoms with van der Waals surface area (Å²) < 4.78 is 11.2. The molecule has 0 radical (unpaired) electrons. The van der Waals surface area contributed by atoms with Crippen molar-refractivity contribution in [3.8, 4) is 0 Å². The maximum atomic E-state index is 5.61. The van der Waals surface area contributed by atoms with Crippen LogP contribution in [0.2, 0.25) is 0 Å². The molecule has 102 valence electrons. The topological polar surface area (TPSA) is 37.6 Å². The van der Waals surface area contributed by atoms with Gasteiger partial charge in [-0.15, -0.1) is 0 Å². The normalized spacial score (nSPS) is 21.3. The maximum Gasteiger partial charge on any atom is 0.122 e. The van der Waals surface area contributed by atoms with Gasteiger partial charge in [0.2, 0.25) is 0 Å². The summed E-state index contributed by atoms with van der Waals surface area (Å²) in [5, 5.41) is 3.42. The third-order valence-electron chi connectivity index (χ3n) is 3.27. The quantitative estimate of drug-likeness (QED) is 0.786. The standard InChI is InChI=1S/C14H24N2O2/c1-3-5-15-9-13-4-7-18-14(13)11-16-6-8-17-12(2)10-16/h4,7,12,15H,3,5-6,8-11H2,1-2H3. The highest BCUT2D eigenvalue weighted by Gasteiger charge is 2.18. The number of furan rings is 1. The van der Waals surface area contributed by atoms with Crippen molar-refractivity contribution in [3.63, 3.8) is 0 Å². The molecule has 1 fully saturated rings. The zero-order valence-corrected chi connectivity index (χ0v) is 11.4. The lowest BCUT2D eigenvalue weighted by Crippen LogP contribution is -2.40. The summed E-state index contributed by atoms with van der Waals surface area (Å²) in [5.74, 6) is 1.09. The van der Waals surface area contributed by atoms with Crippen molar-refractivity contribution in [2.24, 2.45) is 0 Å². The van der Waals surface area contributed by atoms with Crippen LogP contribution in [0.25, 0.3) is 0 Å². The molecular weight excluding hydrogens is 228 g/mol. The lowest BCUT2D eigenvalue weighted by atomic mass is 10.2. The van der Waals surface area contributed by atoms with E-state index in [1.54, 1.807) is 6.26 Å². The van der Waals surface area contributed by atoms with Crippen molar-refractivity contribution >= 4 is 0 Å². The van der Waals surface area contributed by atoms with E-state index in [9.17, 15) is 0 Å². The monoisotopic (exact) mass is 252 g/mol. The first-order valence-corrected chi connectivity index (χ1v) is 6.89. The third-order valence-corrected chi connectivity index (χ3v) is 3.27. The molecule has 1 aromatic rings. The van der Waals surface area contributed by atoms with Crippen LogP contribution in [0.1, 0.15) is 31.6 Å². The van der Waals surface area contributed by atoms with Gasteiger partial charge in [0.05, 0.1) is 25.5 Å². The maximum absolute atomic E-state index is 5.61. The minimum absolute atomic E-state index is 0.329. The lowest BCUT2D eigenvalue weighted by molar-refractivity contribution is -0.0232. The molecule has 0 aliphatic carbocycles. The number of ether oxygens (including phenoxy) is 1. The van der Waals surface area contributed by atoms with Crippen LogP contribution in [-0.4, -0.2) is 37.2 Å². The molecule has 4 nitrogen and oxygen atoms in total. The molecule has 0 amide bonds. The first-order chi connectivity index (χ1) is 8.79. The van der Waals surface area contributed by atoms with Crippen LogP contribution in [0.4, 0.5) is 0 Å². The molecule has 1 aliphatic heterocycles. The molecule has 0 spiro atoms. The summed E-state index contributed by atoms with van der Waals surface area (Å²) in [4.78, 5) is 2.40. The van der Waals surface area contributed by atoms with E-state index in [1.165, 1.54) is 5.56 Å². The molecule has 0 aromatic carbocycles. The Hall–Kier alpha value is -0.840. The summed E-state index contributed by atoms with van der Waals surface area (Å²) in [6.07, 6.45) is 3.28. The average molecular weight is 252 g/mol. The predicted molar refractivity (Wildman–Crippen MR) is 71.4 cm³/mol. The van der Waals surface area contributed by atoms with Crippen LogP contribution in [0.15, 0.2) is 16.7 Å². The van der Waals surface area contributed by atoms with E-state index >= 15 is 0 Å². The Kier molecular flexibility index (Phi) is 5.23. The minimum Gasteiger partial charge on any atom is -0.468 e. The van der Waals surface area contributed by atoms with Gasteiger partial charge >= 0.3 is 0 Å². The van der Waals surface area contributed by atoms with Crippen LogP contribution in [0, 0.1) is 0 Å². The summed E-state index contributed by atoms with van der Waals surface area (Å²) in [7, 11) is 0. The van der Waals surface area contributed by atoms with E-state index in [0.717, 1.165) is 51.5 Å². The molecule has 2 rings (SSSR count). The Labute approximate surface area is 109 Å². The first-order valence-electron chi connectivity index (χ1n) is 6.89. The molecule has 1 aromatic heterocycles. The molecule has 4 heteroatoms. The second kappa shape index (κ2) is 6.92. The molecule has 18 heavy (non-hydrogen) atoms. The molecule has 1 atom stereocenters. The lowest BCUT2D eigenvalue weighted by Gasteiger charge is -2.30. The molecule has 1 saturated heterocycles. The second-order valence-corrected chi connectivity index (χ2v) is 4.96. The number of morpholine rings is 1. The summed E-state index contributed by atoms with van der Waals surface area (Å²) in [6.45, 7) is 9.96. The highest BCUT2D eigenvalue weighted by Crippen LogP contribution is 2.15. The number of hydrogen-bond acceptors (Lipinski definition) is 4. The summed E-state index contributed by atoms with van der Waals surface area (Å²) in [5.41, 5.74) is 1.28. The Morgan fingerprint density at radius 3 is 3.17 bits per heavy atom. The molecule has 1 aliphatic rings. The zero-order chi connectivity index (χ0) is 12.8. The number of rotatable bonds is 6.